The van der Waals surface area contributed by atoms with Crippen molar-refractivity contribution in [1.29, 1.82) is 0 Å². The summed E-state index contributed by atoms with van der Waals surface area (Å²) < 4.78 is 14.7. The molecule has 0 unspecified atom stereocenters. The van der Waals surface area contributed by atoms with E-state index in [9.17, 15) is 18.8 Å². The number of amides is 2. The third-order valence-electron chi connectivity index (χ3n) is 3.90. The Balaban J connectivity index is 1.50. The van der Waals surface area contributed by atoms with Crippen molar-refractivity contribution >= 4 is 22.7 Å². The molecular weight excluding hydrogens is 351 g/mol. The minimum absolute atomic E-state index is 0.0578. The van der Waals surface area contributed by atoms with Gasteiger partial charge < -0.3 is 10.6 Å². The van der Waals surface area contributed by atoms with Crippen molar-refractivity contribution in [2.45, 2.75) is 6.54 Å². The van der Waals surface area contributed by atoms with Crippen LogP contribution in [0, 0.1) is 5.82 Å². The normalized spacial score (nSPS) is 10.6. The van der Waals surface area contributed by atoms with Gasteiger partial charge in [0, 0.05) is 13.1 Å². The van der Waals surface area contributed by atoms with Gasteiger partial charge in [-0.1, -0.05) is 24.3 Å². The molecule has 0 spiro atoms. The fourth-order valence-electron chi connectivity index (χ4n) is 2.55. The van der Waals surface area contributed by atoms with Crippen LogP contribution in [0.5, 0.6) is 0 Å². The lowest BCUT2D eigenvalue weighted by Crippen LogP contribution is -2.37. The molecule has 3 aromatic rings. The summed E-state index contributed by atoms with van der Waals surface area (Å²) in [4.78, 5) is 40.3. The summed E-state index contributed by atoms with van der Waals surface area (Å²) in [5, 5.41) is 5.55. The maximum atomic E-state index is 13.5. The molecule has 0 fully saturated rings. The number of benzene rings is 2. The summed E-state index contributed by atoms with van der Waals surface area (Å²) in [6.07, 6.45) is 1.32. The Labute approximate surface area is 153 Å². The number of nitrogens with one attached hydrogen (secondary N) is 2. The largest absolute Gasteiger partial charge is 0.353 e. The predicted molar refractivity (Wildman–Crippen MR) is 97.7 cm³/mol. The number of rotatable bonds is 6. The first-order chi connectivity index (χ1) is 13.1. The topological polar surface area (TPSA) is 93.1 Å². The molecule has 1 heterocycles. The number of carbonyl (C=O) groups excluding carboxylic acids is 2. The molecule has 2 amide bonds. The van der Waals surface area contributed by atoms with Gasteiger partial charge in [-0.15, -0.1) is 0 Å². The second kappa shape index (κ2) is 8.22. The molecule has 1 aromatic heterocycles. The zero-order valence-corrected chi connectivity index (χ0v) is 14.3. The molecule has 0 bridgehead atoms. The highest BCUT2D eigenvalue weighted by atomic mass is 19.1. The van der Waals surface area contributed by atoms with E-state index in [-0.39, 0.29) is 30.8 Å². The number of halogens is 1. The molecule has 2 N–H and O–H groups in total. The van der Waals surface area contributed by atoms with Crippen LogP contribution < -0.4 is 16.2 Å². The Hall–Kier alpha value is -3.55. The molecule has 8 heteroatoms. The molecule has 138 valence electrons. The van der Waals surface area contributed by atoms with Crippen LogP contribution in [0.1, 0.15) is 10.4 Å². The fourth-order valence-corrected chi connectivity index (χ4v) is 2.55. The van der Waals surface area contributed by atoms with Gasteiger partial charge in [0.25, 0.3) is 11.5 Å². The predicted octanol–water partition coefficient (Wildman–Crippen LogP) is 1.08. The van der Waals surface area contributed by atoms with E-state index in [1.54, 1.807) is 30.3 Å². The third kappa shape index (κ3) is 4.35. The van der Waals surface area contributed by atoms with Crippen molar-refractivity contribution in [1.82, 2.24) is 20.2 Å². The monoisotopic (exact) mass is 368 g/mol. The van der Waals surface area contributed by atoms with Crippen LogP contribution in [0.4, 0.5) is 4.39 Å². The number of hydrogen-bond donors (Lipinski definition) is 2. The average Bonchev–Trinajstić information content (AvgIpc) is 2.68. The second-order valence-electron chi connectivity index (χ2n) is 5.78. The standard InChI is InChI=1S/C19H17FN4O3/c20-15-7-3-1-5-13(15)18(26)22-10-9-21-17(25)11-24-12-23-16-8-4-2-6-14(16)19(24)27/h1-8,12H,9-11H2,(H,21,25)(H,22,26). The fraction of sp³-hybridized carbons (Fsp3) is 0.158. The van der Waals surface area contributed by atoms with Gasteiger partial charge in [-0.25, -0.2) is 9.37 Å². The molecule has 0 aliphatic rings. The van der Waals surface area contributed by atoms with Gasteiger partial charge in [-0.05, 0) is 24.3 Å². The molecule has 0 saturated carbocycles. The average molecular weight is 368 g/mol. The summed E-state index contributed by atoms with van der Waals surface area (Å²) >= 11 is 0. The quantitative estimate of drug-likeness (QED) is 0.637. The molecule has 7 nitrogen and oxygen atoms in total. The van der Waals surface area contributed by atoms with E-state index >= 15 is 0 Å². The zero-order valence-electron chi connectivity index (χ0n) is 14.3. The minimum atomic E-state index is -0.609. The summed E-state index contributed by atoms with van der Waals surface area (Å²) in [5.41, 5.74) is 0.205. The van der Waals surface area contributed by atoms with Gasteiger partial charge in [0.15, 0.2) is 0 Å². The van der Waals surface area contributed by atoms with E-state index < -0.39 is 17.6 Å². The van der Waals surface area contributed by atoms with E-state index in [1.807, 2.05) is 0 Å². The Morgan fingerprint density at radius 1 is 1.00 bits per heavy atom. The van der Waals surface area contributed by atoms with Gasteiger partial charge in [-0.3, -0.25) is 19.0 Å². The van der Waals surface area contributed by atoms with Gasteiger partial charge in [-0.2, -0.15) is 0 Å². The summed E-state index contributed by atoms with van der Waals surface area (Å²) in [7, 11) is 0. The lowest BCUT2D eigenvalue weighted by Gasteiger charge is -2.09. The van der Waals surface area contributed by atoms with E-state index in [0.29, 0.717) is 10.9 Å². The number of hydrogen-bond acceptors (Lipinski definition) is 4. The molecule has 0 aliphatic heterocycles. The number of para-hydroxylation sites is 1. The SMILES string of the molecule is O=C(Cn1cnc2ccccc2c1=O)NCCNC(=O)c1ccccc1F. The molecular formula is C19H17FN4O3. The molecule has 3 rings (SSSR count). The highest BCUT2D eigenvalue weighted by molar-refractivity contribution is 5.94. The summed E-state index contributed by atoms with van der Waals surface area (Å²) in [6.45, 7) is 0.0937. The maximum absolute atomic E-state index is 13.5. The van der Waals surface area contributed by atoms with E-state index in [1.165, 1.54) is 29.1 Å². The highest BCUT2D eigenvalue weighted by Crippen LogP contribution is 2.05. The number of carbonyl (C=O) groups is 2. The maximum Gasteiger partial charge on any atom is 0.261 e. The first-order valence-corrected chi connectivity index (χ1v) is 8.30. The van der Waals surface area contributed by atoms with Crippen LogP contribution in [-0.4, -0.2) is 34.5 Å². The van der Waals surface area contributed by atoms with Crippen molar-refractivity contribution in [3.8, 4) is 0 Å². The molecule has 2 aromatic carbocycles. The summed E-state index contributed by atoms with van der Waals surface area (Å²) in [6, 6.07) is 12.5. The van der Waals surface area contributed by atoms with Crippen molar-refractivity contribution in [3.05, 3.63) is 76.6 Å². The van der Waals surface area contributed by atoms with Crippen molar-refractivity contribution < 1.29 is 14.0 Å². The first kappa shape index (κ1) is 18.2. The van der Waals surface area contributed by atoms with E-state index in [0.717, 1.165) is 0 Å². The molecule has 27 heavy (non-hydrogen) atoms. The second-order valence-corrected chi connectivity index (χ2v) is 5.78. The Kier molecular flexibility index (Phi) is 5.55. The van der Waals surface area contributed by atoms with Crippen LogP contribution in [0.2, 0.25) is 0 Å². The molecule has 0 aliphatic carbocycles. The Morgan fingerprint density at radius 3 is 2.52 bits per heavy atom. The number of aromatic nitrogens is 2. The van der Waals surface area contributed by atoms with E-state index in [2.05, 4.69) is 15.6 Å². The molecule has 0 radical (unpaired) electrons. The Morgan fingerprint density at radius 2 is 1.70 bits per heavy atom. The van der Waals surface area contributed by atoms with Gasteiger partial charge in [0.2, 0.25) is 5.91 Å². The summed E-state index contributed by atoms with van der Waals surface area (Å²) in [5.74, 6) is -1.56. The van der Waals surface area contributed by atoms with Crippen molar-refractivity contribution in [2.75, 3.05) is 13.1 Å². The number of fused-ring (bicyclic) bond motifs is 1. The lowest BCUT2D eigenvalue weighted by molar-refractivity contribution is -0.121. The first-order valence-electron chi connectivity index (χ1n) is 8.30. The zero-order chi connectivity index (χ0) is 19.2. The van der Waals surface area contributed by atoms with E-state index in [4.69, 9.17) is 0 Å². The van der Waals surface area contributed by atoms with Crippen LogP contribution in [0.25, 0.3) is 10.9 Å². The van der Waals surface area contributed by atoms with Gasteiger partial charge in [0.1, 0.15) is 12.4 Å². The lowest BCUT2D eigenvalue weighted by atomic mass is 10.2. The van der Waals surface area contributed by atoms with Crippen LogP contribution in [-0.2, 0) is 11.3 Å². The molecule has 0 atom stereocenters. The minimum Gasteiger partial charge on any atom is -0.353 e. The van der Waals surface area contributed by atoms with Crippen LogP contribution in [0.15, 0.2) is 59.7 Å². The number of nitrogens with zero attached hydrogens (tertiary/aromatic N) is 2. The van der Waals surface area contributed by atoms with Gasteiger partial charge in [0.05, 0.1) is 22.8 Å². The third-order valence-corrected chi connectivity index (χ3v) is 3.90. The van der Waals surface area contributed by atoms with Crippen molar-refractivity contribution in [2.24, 2.45) is 0 Å². The van der Waals surface area contributed by atoms with Crippen molar-refractivity contribution in [3.63, 3.8) is 0 Å². The molecule has 0 saturated heterocycles. The van der Waals surface area contributed by atoms with Crippen LogP contribution >= 0.6 is 0 Å². The highest BCUT2D eigenvalue weighted by Gasteiger charge is 2.10. The smallest absolute Gasteiger partial charge is 0.261 e. The Bertz CT molecular complexity index is 1050. The van der Waals surface area contributed by atoms with Crippen LogP contribution in [0.3, 0.4) is 0 Å². The van der Waals surface area contributed by atoms with Gasteiger partial charge >= 0.3 is 0 Å².